The molecule has 0 amide bonds. The van der Waals surface area contributed by atoms with E-state index in [-0.39, 0.29) is 5.75 Å². The van der Waals surface area contributed by atoms with Crippen molar-refractivity contribution in [1.29, 1.82) is 0 Å². The molecule has 1 aromatic heterocycles. The van der Waals surface area contributed by atoms with Crippen LogP contribution in [0.25, 0.3) is 0 Å². The number of imidazole rings is 1. The Morgan fingerprint density at radius 1 is 1.44 bits per heavy atom. The fraction of sp³-hybridized carbons (Fsp3) is 0.750. The lowest BCUT2D eigenvalue weighted by Gasteiger charge is -2.15. The molecule has 0 saturated heterocycles. The minimum Gasteiger partial charge on any atom is -0.355 e. The van der Waals surface area contributed by atoms with Gasteiger partial charge in [-0.25, -0.2) is 13.4 Å². The number of nitrogens with zero attached hydrogens (tertiary/aromatic N) is 2. The number of rotatable bonds is 5. The summed E-state index contributed by atoms with van der Waals surface area (Å²) in [4.78, 5) is 4.43. The van der Waals surface area contributed by atoms with Crippen LogP contribution in [0.5, 0.6) is 0 Å². The number of hydrogen-bond acceptors (Lipinski definition) is 4. The standard InChI is InChI=1S/C12H21N3O2S/c1-10-9-15(11-5-3-4-6-11)12(14-10)13-7-8-18(2,16)17/h9,11H,3-8H2,1-2H3,(H,13,14). The van der Waals surface area contributed by atoms with Gasteiger partial charge in [-0.15, -0.1) is 0 Å². The van der Waals surface area contributed by atoms with Crippen molar-refractivity contribution in [2.24, 2.45) is 0 Å². The third kappa shape index (κ3) is 3.48. The molecule has 0 aromatic carbocycles. The molecule has 0 spiro atoms. The molecule has 0 unspecified atom stereocenters. The molecule has 6 heteroatoms. The maximum Gasteiger partial charge on any atom is 0.203 e. The van der Waals surface area contributed by atoms with E-state index < -0.39 is 9.84 Å². The highest BCUT2D eigenvalue weighted by Crippen LogP contribution is 2.31. The van der Waals surface area contributed by atoms with Crippen molar-refractivity contribution in [2.75, 3.05) is 23.9 Å². The van der Waals surface area contributed by atoms with Crippen LogP contribution in [0.2, 0.25) is 0 Å². The molecule has 18 heavy (non-hydrogen) atoms. The number of nitrogens with one attached hydrogen (secondary N) is 1. The number of sulfone groups is 1. The summed E-state index contributed by atoms with van der Waals surface area (Å²) in [6, 6.07) is 0.520. The molecule has 0 radical (unpaired) electrons. The van der Waals surface area contributed by atoms with Crippen LogP contribution in [0.15, 0.2) is 6.20 Å². The largest absolute Gasteiger partial charge is 0.355 e. The first kappa shape index (κ1) is 13.4. The summed E-state index contributed by atoms with van der Waals surface area (Å²) in [5.74, 6) is 0.951. The van der Waals surface area contributed by atoms with Crippen molar-refractivity contribution in [2.45, 2.75) is 38.6 Å². The van der Waals surface area contributed by atoms with Gasteiger partial charge in [-0.1, -0.05) is 12.8 Å². The van der Waals surface area contributed by atoms with Gasteiger partial charge in [0.2, 0.25) is 5.95 Å². The van der Waals surface area contributed by atoms with E-state index in [0.717, 1.165) is 11.6 Å². The summed E-state index contributed by atoms with van der Waals surface area (Å²) in [5, 5.41) is 3.14. The molecule has 1 fully saturated rings. The molecule has 2 rings (SSSR count). The highest BCUT2D eigenvalue weighted by atomic mass is 32.2. The number of aromatic nitrogens is 2. The third-order valence-electron chi connectivity index (χ3n) is 3.33. The van der Waals surface area contributed by atoms with Gasteiger partial charge < -0.3 is 9.88 Å². The normalized spacial score (nSPS) is 17.2. The lowest BCUT2D eigenvalue weighted by molar-refractivity contribution is 0.523. The van der Waals surface area contributed by atoms with Crippen molar-refractivity contribution in [3.63, 3.8) is 0 Å². The van der Waals surface area contributed by atoms with Crippen LogP contribution >= 0.6 is 0 Å². The SMILES string of the molecule is Cc1cn(C2CCCC2)c(NCCS(C)(=O)=O)n1. The van der Waals surface area contributed by atoms with Gasteiger partial charge in [0.1, 0.15) is 9.84 Å². The number of anilines is 1. The predicted octanol–water partition coefficient (Wildman–Crippen LogP) is 1.76. The average Bonchev–Trinajstić information content (AvgIpc) is 2.85. The highest BCUT2D eigenvalue weighted by molar-refractivity contribution is 7.90. The number of aryl methyl sites for hydroxylation is 1. The fourth-order valence-electron chi connectivity index (χ4n) is 2.46. The monoisotopic (exact) mass is 271 g/mol. The summed E-state index contributed by atoms with van der Waals surface area (Å²) in [6.45, 7) is 2.38. The first-order valence-corrected chi connectivity index (χ1v) is 8.49. The molecule has 0 aliphatic heterocycles. The van der Waals surface area contributed by atoms with Gasteiger partial charge in [0.15, 0.2) is 0 Å². The first-order chi connectivity index (χ1) is 8.46. The van der Waals surface area contributed by atoms with Crippen LogP contribution in [0.3, 0.4) is 0 Å². The molecule has 102 valence electrons. The lowest BCUT2D eigenvalue weighted by Crippen LogP contribution is -2.17. The second-order valence-corrected chi connectivity index (χ2v) is 7.37. The molecule has 1 heterocycles. The van der Waals surface area contributed by atoms with Crippen LogP contribution in [0.4, 0.5) is 5.95 Å². The highest BCUT2D eigenvalue weighted by Gasteiger charge is 2.20. The Balaban J connectivity index is 2.03. The summed E-state index contributed by atoms with van der Waals surface area (Å²) in [6.07, 6.45) is 8.23. The average molecular weight is 271 g/mol. The van der Waals surface area contributed by atoms with Gasteiger partial charge in [-0.3, -0.25) is 0 Å². The third-order valence-corrected chi connectivity index (χ3v) is 4.27. The molecular formula is C12H21N3O2S. The molecule has 0 bridgehead atoms. The van der Waals surface area contributed by atoms with Crippen LogP contribution in [0, 0.1) is 6.92 Å². The maximum absolute atomic E-state index is 11.1. The zero-order valence-electron chi connectivity index (χ0n) is 11.0. The van der Waals surface area contributed by atoms with E-state index in [4.69, 9.17) is 0 Å². The van der Waals surface area contributed by atoms with E-state index in [1.54, 1.807) is 0 Å². The smallest absolute Gasteiger partial charge is 0.203 e. The van der Waals surface area contributed by atoms with Crippen LogP contribution < -0.4 is 5.32 Å². The quantitative estimate of drug-likeness (QED) is 0.886. The van der Waals surface area contributed by atoms with Gasteiger partial charge in [0, 0.05) is 25.0 Å². The van der Waals surface area contributed by atoms with Crippen molar-refractivity contribution in [3.05, 3.63) is 11.9 Å². The van der Waals surface area contributed by atoms with Crippen LogP contribution in [0.1, 0.15) is 37.4 Å². The minimum atomic E-state index is -2.92. The Bertz CT molecular complexity index is 501. The lowest BCUT2D eigenvalue weighted by atomic mass is 10.2. The van der Waals surface area contributed by atoms with E-state index in [1.165, 1.54) is 31.9 Å². The van der Waals surface area contributed by atoms with Gasteiger partial charge in [0.05, 0.1) is 11.4 Å². The molecular weight excluding hydrogens is 250 g/mol. The Kier molecular flexibility index (Phi) is 3.94. The Morgan fingerprint density at radius 2 is 2.11 bits per heavy atom. The summed E-state index contributed by atoms with van der Waals surface area (Å²) < 4.78 is 24.4. The van der Waals surface area contributed by atoms with Gasteiger partial charge >= 0.3 is 0 Å². The first-order valence-electron chi connectivity index (χ1n) is 6.43. The Labute approximate surface area is 109 Å². The van der Waals surface area contributed by atoms with Crippen molar-refractivity contribution < 1.29 is 8.42 Å². The van der Waals surface area contributed by atoms with E-state index in [9.17, 15) is 8.42 Å². The summed E-state index contributed by atoms with van der Waals surface area (Å²) in [5.41, 5.74) is 0.976. The molecule has 1 aromatic rings. The number of hydrogen-bond donors (Lipinski definition) is 1. The molecule has 1 saturated carbocycles. The van der Waals surface area contributed by atoms with Gasteiger partial charge in [-0.2, -0.15) is 0 Å². The Morgan fingerprint density at radius 3 is 2.72 bits per heavy atom. The topological polar surface area (TPSA) is 64.0 Å². The van der Waals surface area contributed by atoms with E-state index in [2.05, 4.69) is 21.1 Å². The minimum absolute atomic E-state index is 0.142. The van der Waals surface area contributed by atoms with Gasteiger partial charge in [-0.05, 0) is 19.8 Å². The van der Waals surface area contributed by atoms with Crippen molar-refractivity contribution in [3.8, 4) is 0 Å². The van der Waals surface area contributed by atoms with E-state index >= 15 is 0 Å². The van der Waals surface area contributed by atoms with E-state index in [0.29, 0.717) is 12.6 Å². The molecule has 0 atom stereocenters. The Hall–Kier alpha value is -1.04. The summed E-state index contributed by atoms with van der Waals surface area (Å²) >= 11 is 0. The molecule has 1 N–H and O–H groups in total. The zero-order chi connectivity index (χ0) is 13.2. The van der Waals surface area contributed by atoms with Crippen molar-refractivity contribution in [1.82, 2.24) is 9.55 Å². The molecule has 1 aliphatic rings. The fourth-order valence-corrected chi connectivity index (χ4v) is 2.93. The second-order valence-electron chi connectivity index (χ2n) is 5.11. The predicted molar refractivity (Wildman–Crippen MR) is 72.7 cm³/mol. The van der Waals surface area contributed by atoms with Gasteiger partial charge in [0.25, 0.3) is 0 Å². The maximum atomic E-state index is 11.1. The summed E-state index contributed by atoms with van der Waals surface area (Å²) in [7, 11) is -2.92. The van der Waals surface area contributed by atoms with Crippen molar-refractivity contribution >= 4 is 15.8 Å². The molecule has 5 nitrogen and oxygen atoms in total. The zero-order valence-corrected chi connectivity index (χ0v) is 11.8. The van der Waals surface area contributed by atoms with Crippen LogP contribution in [-0.4, -0.2) is 36.5 Å². The van der Waals surface area contributed by atoms with E-state index in [1.807, 2.05) is 6.92 Å². The second kappa shape index (κ2) is 5.30. The van der Waals surface area contributed by atoms with Crippen LogP contribution in [-0.2, 0) is 9.84 Å². The molecule has 1 aliphatic carbocycles.